The van der Waals surface area contributed by atoms with Crippen molar-refractivity contribution in [1.29, 1.82) is 0 Å². The van der Waals surface area contributed by atoms with Crippen molar-refractivity contribution < 1.29 is 4.79 Å². The van der Waals surface area contributed by atoms with Crippen LogP contribution < -0.4 is 10.2 Å². The molecule has 0 saturated carbocycles. The van der Waals surface area contributed by atoms with Crippen molar-refractivity contribution in [2.24, 2.45) is 0 Å². The van der Waals surface area contributed by atoms with E-state index in [9.17, 15) is 4.79 Å². The predicted molar refractivity (Wildman–Crippen MR) is 77.5 cm³/mol. The summed E-state index contributed by atoms with van der Waals surface area (Å²) in [5, 5.41) is 2.95. The molecule has 0 aliphatic carbocycles. The van der Waals surface area contributed by atoms with Crippen LogP contribution >= 0.6 is 11.8 Å². The van der Waals surface area contributed by atoms with Gasteiger partial charge in [0.15, 0.2) is 0 Å². The van der Waals surface area contributed by atoms with Gasteiger partial charge in [-0.25, -0.2) is 0 Å². The number of hydrogen-bond donors (Lipinski definition) is 1. The van der Waals surface area contributed by atoms with Crippen LogP contribution in [-0.4, -0.2) is 31.3 Å². The van der Waals surface area contributed by atoms with E-state index < -0.39 is 0 Å². The number of aryl methyl sites for hydroxylation is 2. The topological polar surface area (TPSA) is 32.3 Å². The number of benzene rings is 1. The summed E-state index contributed by atoms with van der Waals surface area (Å²) in [5.41, 5.74) is 3.55. The van der Waals surface area contributed by atoms with E-state index in [0.29, 0.717) is 6.54 Å². The van der Waals surface area contributed by atoms with Crippen molar-refractivity contribution in [2.45, 2.75) is 31.7 Å². The lowest BCUT2D eigenvalue weighted by atomic mass is 10.1. The highest BCUT2D eigenvalue weighted by atomic mass is 32.2. The van der Waals surface area contributed by atoms with E-state index >= 15 is 0 Å². The van der Waals surface area contributed by atoms with E-state index in [-0.39, 0.29) is 11.9 Å². The van der Waals surface area contributed by atoms with Crippen LogP contribution in [0.1, 0.15) is 18.1 Å². The summed E-state index contributed by atoms with van der Waals surface area (Å²) in [4.78, 5) is 15.4. The summed E-state index contributed by atoms with van der Waals surface area (Å²) in [6.45, 7) is 6.69. The molecular formula is C14H20N2OS. The SMILES string of the molecule is CNCC(=O)N1c2c(C)cc(C)cc2SCC1C. The van der Waals surface area contributed by atoms with Crippen molar-refractivity contribution in [3.8, 4) is 0 Å². The number of nitrogens with zero attached hydrogens (tertiary/aromatic N) is 1. The minimum atomic E-state index is 0.151. The second kappa shape index (κ2) is 5.33. The molecule has 1 aliphatic rings. The number of carbonyl (C=O) groups is 1. The molecule has 1 aromatic carbocycles. The van der Waals surface area contributed by atoms with Crippen molar-refractivity contribution in [3.05, 3.63) is 23.3 Å². The van der Waals surface area contributed by atoms with Gasteiger partial charge in [-0.3, -0.25) is 4.79 Å². The molecule has 1 aliphatic heterocycles. The van der Waals surface area contributed by atoms with Crippen LogP contribution in [0.25, 0.3) is 0 Å². The van der Waals surface area contributed by atoms with Crippen LogP contribution in [0.2, 0.25) is 0 Å². The molecular weight excluding hydrogens is 244 g/mol. The van der Waals surface area contributed by atoms with Crippen molar-refractivity contribution >= 4 is 23.4 Å². The van der Waals surface area contributed by atoms with Crippen LogP contribution in [0.15, 0.2) is 17.0 Å². The molecule has 18 heavy (non-hydrogen) atoms. The molecule has 1 N–H and O–H groups in total. The maximum Gasteiger partial charge on any atom is 0.241 e. The van der Waals surface area contributed by atoms with E-state index in [0.717, 1.165) is 11.4 Å². The Balaban J connectivity index is 2.47. The number of anilines is 1. The largest absolute Gasteiger partial charge is 0.311 e. The maximum absolute atomic E-state index is 12.3. The van der Waals surface area contributed by atoms with Crippen molar-refractivity contribution in [3.63, 3.8) is 0 Å². The second-order valence-electron chi connectivity index (χ2n) is 4.88. The summed E-state index contributed by atoms with van der Waals surface area (Å²) < 4.78 is 0. The predicted octanol–water partition coefficient (Wildman–Crippen LogP) is 2.35. The van der Waals surface area contributed by atoms with Gasteiger partial charge in [-0.2, -0.15) is 0 Å². The molecule has 1 atom stereocenters. The molecule has 1 unspecified atom stereocenters. The molecule has 1 heterocycles. The van der Waals surface area contributed by atoms with Gasteiger partial charge in [0.1, 0.15) is 0 Å². The Morgan fingerprint density at radius 2 is 2.22 bits per heavy atom. The van der Waals surface area contributed by atoms with Gasteiger partial charge in [-0.05, 0) is 45.0 Å². The Bertz CT molecular complexity index is 473. The van der Waals surface area contributed by atoms with Gasteiger partial charge in [0.05, 0.1) is 12.2 Å². The molecule has 0 saturated heterocycles. The zero-order valence-corrected chi connectivity index (χ0v) is 12.2. The number of fused-ring (bicyclic) bond motifs is 1. The average molecular weight is 264 g/mol. The fourth-order valence-electron chi connectivity index (χ4n) is 2.45. The molecule has 3 nitrogen and oxygen atoms in total. The zero-order valence-electron chi connectivity index (χ0n) is 11.4. The number of thioether (sulfide) groups is 1. The second-order valence-corrected chi connectivity index (χ2v) is 5.94. The van der Waals surface area contributed by atoms with E-state index in [2.05, 4.69) is 38.2 Å². The third-order valence-corrected chi connectivity index (χ3v) is 4.44. The molecule has 1 amide bonds. The standard InChI is InChI=1S/C14H20N2OS/c1-9-5-10(2)14-12(6-9)18-8-11(3)16(14)13(17)7-15-4/h5-6,11,15H,7-8H2,1-4H3. The van der Waals surface area contributed by atoms with E-state index in [1.54, 1.807) is 0 Å². The zero-order chi connectivity index (χ0) is 13.3. The Morgan fingerprint density at radius 1 is 1.50 bits per heavy atom. The lowest BCUT2D eigenvalue weighted by Crippen LogP contribution is -2.46. The van der Waals surface area contributed by atoms with E-state index in [4.69, 9.17) is 0 Å². The lowest BCUT2D eigenvalue weighted by Gasteiger charge is -2.36. The minimum absolute atomic E-state index is 0.151. The summed E-state index contributed by atoms with van der Waals surface area (Å²) in [7, 11) is 1.81. The Morgan fingerprint density at radius 3 is 2.89 bits per heavy atom. The summed E-state index contributed by atoms with van der Waals surface area (Å²) in [6.07, 6.45) is 0. The number of amides is 1. The van der Waals surface area contributed by atoms with Gasteiger partial charge >= 0.3 is 0 Å². The number of hydrogen-bond acceptors (Lipinski definition) is 3. The number of rotatable bonds is 2. The van der Waals surface area contributed by atoms with E-state index in [1.165, 1.54) is 16.0 Å². The number of carbonyl (C=O) groups excluding carboxylic acids is 1. The van der Waals surface area contributed by atoms with Gasteiger partial charge in [-0.1, -0.05) is 6.07 Å². The normalized spacial score (nSPS) is 18.7. The number of nitrogens with one attached hydrogen (secondary N) is 1. The fourth-order valence-corrected chi connectivity index (χ4v) is 3.69. The molecule has 0 spiro atoms. The molecule has 98 valence electrons. The van der Waals surface area contributed by atoms with Crippen LogP contribution in [0.3, 0.4) is 0 Å². The third-order valence-electron chi connectivity index (χ3n) is 3.17. The third kappa shape index (κ3) is 2.40. The van der Waals surface area contributed by atoms with Gasteiger partial charge in [0.25, 0.3) is 0 Å². The van der Waals surface area contributed by atoms with Crippen LogP contribution in [0.4, 0.5) is 5.69 Å². The van der Waals surface area contributed by atoms with E-state index in [1.807, 2.05) is 23.7 Å². The lowest BCUT2D eigenvalue weighted by molar-refractivity contribution is -0.118. The van der Waals surface area contributed by atoms with Crippen LogP contribution in [-0.2, 0) is 4.79 Å². The molecule has 0 bridgehead atoms. The molecule has 4 heteroatoms. The molecule has 0 aromatic heterocycles. The fraction of sp³-hybridized carbons (Fsp3) is 0.500. The molecule has 2 rings (SSSR count). The monoisotopic (exact) mass is 264 g/mol. The summed E-state index contributed by atoms with van der Waals surface area (Å²) in [5.74, 6) is 1.12. The molecule has 0 fully saturated rings. The van der Waals surface area contributed by atoms with Gasteiger partial charge in [0, 0.05) is 16.7 Å². The van der Waals surface area contributed by atoms with Crippen molar-refractivity contribution in [1.82, 2.24) is 5.32 Å². The quantitative estimate of drug-likeness (QED) is 0.890. The molecule has 0 radical (unpaired) electrons. The Labute approximate surface area is 113 Å². The number of likely N-dealkylation sites (N-methyl/N-ethyl adjacent to an activating group) is 1. The smallest absolute Gasteiger partial charge is 0.241 e. The summed E-state index contributed by atoms with van der Waals surface area (Å²) in [6, 6.07) is 4.58. The van der Waals surface area contributed by atoms with Crippen LogP contribution in [0.5, 0.6) is 0 Å². The van der Waals surface area contributed by atoms with Gasteiger partial charge in [-0.15, -0.1) is 11.8 Å². The first kappa shape index (κ1) is 13.4. The first-order valence-corrected chi connectivity index (χ1v) is 7.24. The van der Waals surface area contributed by atoms with Crippen LogP contribution in [0, 0.1) is 13.8 Å². The first-order chi connectivity index (χ1) is 8.54. The summed E-state index contributed by atoms with van der Waals surface area (Å²) >= 11 is 1.85. The maximum atomic E-state index is 12.3. The van der Waals surface area contributed by atoms with Gasteiger partial charge < -0.3 is 10.2 Å². The van der Waals surface area contributed by atoms with Crippen molar-refractivity contribution in [2.75, 3.05) is 24.2 Å². The average Bonchev–Trinajstić information content (AvgIpc) is 2.29. The Kier molecular flexibility index (Phi) is 3.97. The molecule has 1 aromatic rings. The van der Waals surface area contributed by atoms with Gasteiger partial charge in [0.2, 0.25) is 5.91 Å². The first-order valence-electron chi connectivity index (χ1n) is 6.25. The highest BCUT2D eigenvalue weighted by molar-refractivity contribution is 7.99. The highest BCUT2D eigenvalue weighted by Gasteiger charge is 2.29. The highest BCUT2D eigenvalue weighted by Crippen LogP contribution is 2.40. The Hall–Kier alpha value is -1.00. The minimum Gasteiger partial charge on any atom is -0.311 e.